The second kappa shape index (κ2) is 7.14. The SMILES string of the molecule is CC(SCCCC#N)C(=O)c1ccc2c(c1)NC(=O)CO2. The number of rotatable bonds is 6. The van der Waals surface area contributed by atoms with Gasteiger partial charge in [-0.05, 0) is 37.3 Å². The number of carbonyl (C=O) groups excluding carboxylic acids is 2. The summed E-state index contributed by atoms with van der Waals surface area (Å²) in [6.45, 7) is 1.86. The van der Waals surface area contributed by atoms with Crippen LogP contribution in [0.2, 0.25) is 0 Å². The monoisotopic (exact) mass is 304 g/mol. The highest BCUT2D eigenvalue weighted by atomic mass is 32.2. The summed E-state index contributed by atoms with van der Waals surface area (Å²) in [6, 6.07) is 7.16. The summed E-state index contributed by atoms with van der Waals surface area (Å²) in [4.78, 5) is 23.6. The predicted molar refractivity (Wildman–Crippen MR) is 81.7 cm³/mol. The molecule has 0 saturated heterocycles. The molecule has 1 atom stereocenters. The zero-order chi connectivity index (χ0) is 15.2. The number of fused-ring (bicyclic) bond motifs is 1. The minimum absolute atomic E-state index is 0.00540. The van der Waals surface area contributed by atoms with Gasteiger partial charge < -0.3 is 10.1 Å². The summed E-state index contributed by atoms with van der Waals surface area (Å²) in [5.41, 5.74) is 1.10. The highest BCUT2D eigenvalue weighted by Crippen LogP contribution is 2.29. The van der Waals surface area contributed by atoms with Crippen molar-refractivity contribution in [2.75, 3.05) is 17.7 Å². The largest absolute Gasteiger partial charge is 0.482 e. The van der Waals surface area contributed by atoms with E-state index in [4.69, 9.17) is 10.00 Å². The molecule has 0 fully saturated rings. The van der Waals surface area contributed by atoms with Gasteiger partial charge in [0, 0.05) is 12.0 Å². The standard InChI is InChI=1S/C15H16N2O3S/c1-10(21-7-3-2-6-16)15(19)11-4-5-13-12(8-11)17-14(18)9-20-13/h4-5,8,10H,2-3,7,9H2,1H3,(H,17,18). The van der Waals surface area contributed by atoms with Gasteiger partial charge in [0.25, 0.3) is 5.91 Å². The molecule has 0 bridgehead atoms. The topological polar surface area (TPSA) is 79.2 Å². The number of nitrogens with zero attached hydrogens (tertiary/aromatic N) is 1. The number of amides is 1. The zero-order valence-corrected chi connectivity index (χ0v) is 12.5. The molecule has 1 N–H and O–H groups in total. The van der Waals surface area contributed by atoms with Crippen LogP contribution in [-0.4, -0.2) is 29.3 Å². The highest BCUT2D eigenvalue weighted by molar-refractivity contribution is 8.00. The number of hydrogen-bond donors (Lipinski definition) is 1. The van der Waals surface area contributed by atoms with E-state index in [0.29, 0.717) is 23.4 Å². The molecule has 21 heavy (non-hydrogen) atoms. The number of unbranched alkanes of at least 4 members (excludes halogenated alkanes) is 1. The maximum Gasteiger partial charge on any atom is 0.262 e. The summed E-state index contributed by atoms with van der Waals surface area (Å²) in [7, 11) is 0. The van der Waals surface area contributed by atoms with Crippen LogP contribution in [0.15, 0.2) is 18.2 Å². The molecule has 1 heterocycles. The number of ketones is 1. The van der Waals surface area contributed by atoms with Gasteiger partial charge in [0.2, 0.25) is 0 Å². The van der Waals surface area contributed by atoms with Crippen LogP contribution in [0.3, 0.4) is 0 Å². The van der Waals surface area contributed by atoms with Crippen LogP contribution in [-0.2, 0) is 4.79 Å². The summed E-state index contributed by atoms with van der Waals surface area (Å²) in [6.07, 6.45) is 1.29. The van der Waals surface area contributed by atoms with Crippen molar-refractivity contribution in [3.05, 3.63) is 23.8 Å². The third kappa shape index (κ3) is 3.99. The van der Waals surface area contributed by atoms with Crippen molar-refractivity contribution in [3.63, 3.8) is 0 Å². The number of nitriles is 1. The molecule has 1 unspecified atom stereocenters. The van der Waals surface area contributed by atoms with Crippen molar-refractivity contribution in [2.24, 2.45) is 0 Å². The number of benzene rings is 1. The lowest BCUT2D eigenvalue weighted by Gasteiger charge is -2.19. The Bertz CT molecular complexity index is 595. The molecule has 1 aliphatic heterocycles. The van der Waals surface area contributed by atoms with Gasteiger partial charge in [-0.3, -0.25) is 9.59 Å². The number of hydrogen-bond acceptors (Lipinski definition) is 5. The lowest BCUT2D eigenvalue weighted by atomic mass is 10.1. The molecule has 0 radical (unpaired) electrons. The molecule has 0 saturated carbocycles. The van der Waals surface area contributed by atoms with Gasteiger partial charge in [0.1, 0.15) is 5.75 Å². The van der Waals surface area contributed by atoms with Gasteiger partial charge >= 0.3 is 0 Å². The lowest BCUT2D eigenvalue weighted by molar-refractivity contribution is -0.118. The molecule has 1 aromatic carbocycles. The maximum atomic E-state index is 12.3. The number of nitrogens with one attached hydrogen (secondary N) is 1. The third-order valence-corrected chi connectivity index (χ3v) is 4.31. The normalized spacial score (nSPS) is 14.4. The Morgan fingerprint density at radius 3 is 3.14 bits per heavy atom. The fourth-order valence-corrected chi connectivity index (χ4v) is 2.91. The van der Waals surface area contributed by atoms with Crippen LogP contribution in [0, 0.1) is 11.3 Å². The van der Waals surface area contributed by atoms with E-state index in [-0.39, 0.29) is 23.5 Å². The number of ether oxygens (including phenoxy) is 1. The molecule has 1 aromatic rings. The van der Waals surface area contributed by atoms with Crippen LogP contribution < -0.4 is 10.1 Å². The van der Waals surface area contributed by atoms with Gasteiger partial charge in [0.05, 0.1) is 17.0 Å². The molecule has 2 rings (SSSR count). The predicted octanol–water partition coefficient (Wildman–Crippen LogP) is 2.63. The Kier molecular flexibility index (Phi) is 5.23. The fourth-order valence-electron chi connectivity index (χ4n) is 1.96. The quantitative estimate of drug-likeness (QED) is 0.645. The number of anilines is 1. The Morgan fingerprint density at radius 2 is 2.38 bits per heavy atom. The van der Waals surface area contributed by atoms with Crippen molar-refractivity contribution in [1.29, 1.82) is 5.26 Å². The second-order valence-electron chi connectivity index (χ2n) is 4.69. The molecule has 1 aliphatic rings. The molecular formula is C15H16N2O3S. The molecule has 6 heteroatoms. The van der Waals surface area contributed by atoms with Crippen molar-refractivity contribution < 1.29 is 14.3 Å². The van der Waals surface area contributed by atoms with Crippen molar-refractivity contribution in [1.82, 2.24) is 0 Å². The molecule has 1 amide bonds. The summed E-state index contributed by atoms with van der Waals surface area (Å²) in [5, 5.41) is 11.0. The van der Waals surface area contributed by atoms with Gasteiger partial charge in [-0.1, -0.05) is 0 Å². The minimum atomic E-state index is -0.217. The Balaban J connectivity index is 2.01. The van der Waals surface area contributed by atoms with Crippen molar-refractivity contribution in [3.8, 4) is 11.8 Å². The van der Waals surface area contributed by atoms with E-state index in [1.54, 1.807) is 18.2 Å². The van der Waals surface area contributed by atoms with E-state index >= 15 is 0 Å². The van der Waals surface area contributed by atoms with Crippen LogP contribution in [0.4, 0.5) is 5.69 Å². The molecule has 0 aliphatic carbocycles. The highest BCUT2D eigenvalue weighted by Gasteiger charge is 2.20. The van der Waals surface area contributed by atoms with E-state index < -0.39 is 0 Å². The number of Topliss-reactive ketones (excluding diaryl/α,β-unsaturated/α-hetero) is 1. The molecular weight excluding hydrogens is 288 g/mol. The fraction of sp³-hybridized carbons (Fsp3) is 0.400. The van der Waals surface area contributed by atoms with Gasteiger partial charge in [-0.2, -0.15) is 17.0 Å². The van der Waals surface area contributed by atoms with Crippen LogP contribution in [0.1, 0.15) is 30.1 Å². The second-order valence-corrected chi connectivity index (χ2v) is 6.14. The Morgan fingerprint density at radius 1 is 1.57 bits per heavy atom. The number of thioether (sulfide) groups is 1. The van der Waals surface area contributed by atoms with E-state index in [1.807, 2.05) is 6.92 Å². The first-order chi connectivity index (χ1) is 10.1. The Labute approximate surface area is 127 Å². The minimum Gasteiger partial charge on any atom is -0.482 e. The van der Waals surface area contributed by atoms with E-state index in [9.17, 15) is 9.59 Å². The Hall–Kier alpha value is -2.00. The van der Waals surface area contributed by atoms with Gasteiger partial charge in [-0.15, -0.1) is 0 Å². The first-order valence-corrected chi connectivity index (χ1v) is 7.76. The van der Waals surface area contributed by atoms with Crippen molar-refractivity contribution >= 4 is 29.1 Å². The van der Waals surface area contributed by atoms with Gasteiger partial charge in [-0.25, -0.2) is 0 Å². The summed E-state index contributed by atoms with van der Waals surface area (Å²) in [5.74, 6) is 1.16. The van der Waals surface area contributed by atoms with E-state index in [1.165, 1.54) is 11.8 Å². The third-order valence-electron chi connectivity index (χ3n) is 3.07. The average molecular weight is 304 g/mol. The first-order valence-electron chi connectivity index (χ1n) is 6.71. The molecule has 110 valence electrons. The van der Waals surface area contributed by atoms with Gasteiger partial charge in [0.15, 0.2) is 12.4 Å². The van der Waals surface area contributed by atoms with E-state index in [2.05, 4.69) is 11.4 Å². The smallest absolute Gasteiger partial charge is 0.262 e. The van der Waals surface area contributed by atoms with Crippen LogP contribution in [0.5, 0.6) is 5.75 Å². The number of carbonyl (C=O) groups is 2. The van der Waals surface area contributed by atoms with E-state index in [0.717, 1.165) is 12.2 Å². The first kappa shape index (κ1) is 15.4. The molecule has 0 aromatic heterocycles. The average Bonchev–Trinajstić information content (AvgIpc) is 2.49. The van der Waals surface area contributed by atoms with Crippen molar-refractivity contribution in [2.45, 2.75) is 25.0 Å². The van der Waals surface area contributed by atoms with Crippen LogP contribution >= 0.6 is 11.8 Å². The lowest BCUT2D eigenvalue weighted by Crippen LogP contribution is -2.25. The molecule has 0 spiro atoms. The summed E-state index contributed by atoms with van der Waals surface area (Å²) >= 11 is 1.54. The molecule has 5 nitrogen and oxygen atoms in total. The summed E-state index contributed by atoms with van der Waals surface area (Å²) < 4.78 is 5.26. The van der Waals surface area contributed by atoms with Crippen LogP contribution in [0.25, 0.3) is 0 Å². The maximum absolute atomic E-state index is 12.3. The zero-order valence-electron chi connectivity index (χ0n) is 11.7.